The molecule has 1 aliphatic rings. The van der Waals surface area contributed by atoms with Gasteiger partial charge in [-0.05, 0) is 36.6 Å². The van der Waals surface area contributed by atoms with Crippen molar-refractivity contribution < 1.29 is 21.8 Å². The topological polar surface area (TPSA) is 127 Å². The van der Waals surface area contributed by atoms with E-state index in [-0.39, 0.29) is 5.69 Å². The Labute approximate surface area is 156 Å². The van der Waals surface area contributed by atoms with Crippen LogP contribution in [0.25, 0.3) is 0 Å². The Morgan fingerprint density at radius 2 is 1.81 bits per heavy atom. The van der Waals surface area contributed by atoms with Crippen LogP contribution in [0.15, 0.2) is 47.4 Å². The van der Waals surface area contributed by atoms with Gasteiger partial charge in [0.2, 0.25) is 10.0 Å². The molecule has 9 nitrogen and oxygen atoms in total. The van der Waals surface area contributed by atoms with E-state index in [4.69, 9.17) is 0 Å². The summed E-state index contributed by atoms with van der Waals surface area (Å²) in [4.78, 5) is 9.87. The largest absolute Gasteiger partial charge is 0.289 e. The summed E-state index contributed by atoms with van der Waals surface area (Å²) in [5.74, 6) is 0. The van der Waals surface area contributed by atoms with E-state index >= 15 is 0 Å². The summed E-state index contributed by atoms with van der Waals surface area (Å²) in [6.45, 7) is 0.312. The smallest absolute Gasteiger partial charge is 0.279 e. The predicted molar refractivity (Wildman–Crippen MR) is 101 cm³/mol. The summed E-state index contributed by atoms with van der Waals surface area (Å²) in [5, 5.41) is 11.1. The van der Waals surface area contributed by atoms with Crippen molar-refractivity contribution >= 4 is 37.1 Å². The summed E-state index contributed by atoms with van der Waals surface area (Å²) >= 11 is 0. The second kappa shape index (κ2) is 6.82. The van der Waals surface area contributed by atoms with E-state index in [1.165, 1.54) is 28.6 Å². The Balaban J connectivity index is 2.01. The van der Waals surface area contributed by atoms with Crippen LogP contribution in [0, 0.1) is 10.1 Å². The molecule has 0 atom stereocenters. The van der Waals surface area contributed by atoms with Gasteiger partial charge in [0, 0.05) is 12.6 Å². The highest BCUT2D eigenvalue weighted by Crippen LogP contribution is 2.33. The number of rotatable bonds is 5. The first-order valence-electron chi connectivity index (χ1n) is 7.96. The predicted octanol–water partition coefficient (Wildman–Crippen LogP) is 2.11. The molecular weight excluding hydrogens is 394 g/mol. The number of nitro groups is 1. The number of hydrogen-bond donors (Lipinski definition) is 1. The number of fused-ring (bicyclic) bond motifs is 1. The molecule has 27 heavy (non-hydrogen) atoms. The molecule has 2 aromatic carbocycles. The average molecular weight is 411 g/mol. The molecule has 0 radical (unpaired) electrons. The van der Waals surface area contributed by atoms with Gasteiger partial charge in [-0.25, -0.2) is 16.8 Å². The molecule has 0 saturated heterocycles. The van der Waals surface area contributed by atoms with Crippen molar-refractivity contribution in [3.8, 4) is 0 Å². The number of nitro benzene ring substituents is 1. The Morgan fingerprint density at radius 1 is 1.11 bits per heavy atom. The van der Waals surface area contributed by atoms with Gasteiger partial charge in [0.15, 0.2) is 4.90 Å². The van der Waals surface area contributed by atoms with Gasteiger partial charge in [0.25, 0.3) is 15.7 Å². The number of benzene rings is 2. The van der Waals surface area contributed by atoms with Crippen LogP contribution in [-0.2, 0) is 26.5 Å². The minimum absolute atomic E-state index is 0.127. The molecule has 2 aromatic rings. The Hall–Kier alpha value is -2.66. The first-order chi connectivity index (χ1) is 12.6. The van der Waals surface area contributed by atoms with Crippen molar-refractivity contribution in [1.82, 2.24) is 0 Å². The Morgan fingerprint density at radius 3 is 2.48 bits per heavy atom. The third kappa shape index (κ3) is 3.88. The van der Waals surface area contributed by atoms with Crippen LogP contribution < -0.4 is 9.03 Å². The molecule has 0 bridgehead atoms. The Bertz CT molecular complexity index is 1110. The zero-order chi connectivity index (χ0) is 19.8. The van der Waals surface area contributed by atoms with E-state index in [9.17, 15) is 26.9 Å². The Kier molecular flexibility index (Phi) is 4.82. The van der Waals surface area contributed by atoms with E-state index in [1.807, 2.05) is 0 Å². The summed E-state index contributed by atoms with van der Waals surface area (Å²) < 4.78 is 52.8. The second-order valence-electron chi connectivity index (χ2n) is 6.11. The lowest BCUT2D eigenvalue weighted by atomic mass is 10.0. The maximum absolute atomic E-state index is 12.6. The molecule has 0 aromatic heterocycles. The second-order valence-corrected chi connectivity index (χ2v) is 9.67. The summed E-state index contributed by atoms with van der Waals surface area (Å²) in [6, 6.07) is 9.61. The number of nitrogens with one attached hydrogen (secondary N) is 1. The minimum Gasteiger partial charge on any atom is -0.279 e. The lowest BCUT2D eigenvalue weighted by Gasteiger charge is -2.29. The standard InChI is InChI=1S/C16H17N3O6S2/c1-26(22,23)18-10-4-5-12-8-9-13(11-15(12)18)17-27(24,25)16-7-3-2-6-14(16)19(20)21/h2-3,6-9,11,17H,4-5,10H2,1H3. The van der Waals surface area contributed by atoms with Gasteiger partial charge in [-0.15, -0.1) is 0 Å². The van der Waals surface area contributed by atoms with Crippen LogP contribution >= 0.6 is 0 Å². The molecule has 11 heteroatoms. The highest BCUT2D eigenvalue weighted by molar-refractivity contribution is 7.93. The number of aryl methyl sites for hydroxylation is 1. The van der Waals surface area contributed by atoms with Crippen LogP contribution in [0.2, 0.25) is 0 Å². The lowest BCUT2D eigenvalue weighted by Crippen LogP contribution is -2.34. The quantitative estimate of drug-likeness (QED) is 0.593. The average Bonchev–Trinajstić information content (AvgIpc) is 2.60. The van der Waals surface area contributed by atoms with Gasteiger partial charge in [-0.1, -0.05) is 18.2 Å². The van der Waals surface area contributed by atoms with Crippen molar-refractivity contribution in [3.05, 3.63) is 58.1 Å². The molecule has 0 amide bonds. The molecule has 0 fully saturated rings. The molecular formula is C16H17N3O6S2. The highest BCUT2D eigenvalue weighted by Gasteiger charge is 2.27. The lowest BCUT2D eigenvalue weighted by molar-refractivity contribution is -0.387. The molecule has 1 heterocycles. The van der Waals surface area contributed by atoms with Gasteiger partial charge in [0.05, 0.1) is 22.6 Å². The van der Waals surface area contributed by atoms with Crippen molar-refractivity contribution in [1.29, 1.82) is 0 Å². The molecule has 1 aliphatic heterocycles. The van der Waals surface area contributed by atoms with Crippen LogP contribution in [-0.4, -0.2) is 34.6 Å². The number of anilines is 2. The zero-order valence-electron chi connectivity index (χ0n) is 14.3. The SMILES string of the molecule is CS(=O)(=O)N1CCCc2ccc(NS(=O)(=O)c3ccccc3[N+](=O)[O-])cc21. The van der Waals surface area contributed by atoms with Crippen molar-refractivity contribution in [2.75, 3.05) is 21.8 Å². The maximum atomic E-state index is 12.6. The first kappa shape index (κ1) is 19.1. The van der Waals surface area contributed by atoms with E-state index in [1.54, 1.807) is 6.07 Å². The third-order valence-corrected chi connectivity index (χ3v) is 6.77. The van der Waals surface area contributed by atoms with E-state index in [2.05, 4.69) is 4.72 Å². The van der Waals surface area contributed by atoms with Crippen LogP contribution in [0.3, 0.4) is 0 Å². The van der Waals surface area contributed by atoms with Gasteiger partial charge in [0.1, 0.15) is 0 Å². The van der Waals surface area contributed by atoms with Crippen molar-refractivity contribution in [2.45, 2.75) is 17.7 Å². The van der Waals surface area contributed by atoms with Crippen LogP contribution in [0.4, 0.5) is 17.1 Å². The fourth-order valence-corrected chi connectivity index (χ4v) is 5.21. The number of nitrogens with zero attached hydrogens (tertiary/aromatic N) is 2. The number of para-hydroxylation sites is 1. The van der Waals surface area contributed by atoms with Gasteiger partial charge in [-0.3, -0.25) is 19.1 Å². The van der Waals surface area contributed by atoms with Gasteiger partial charge in [-0.2, -0.15) is 0 Å². The van der Waals surface area contributed by atoms with E-state index < -0.39 is 35.6 Å². The monoisotopic (exact) mass is 411 g/mol. The van der Waals surface area contributed by atoms with Crippen molar-refractivity contribution in [3.63, 3.8) is 0 Å². The fourth-order valence-electron chi connectivity index (χ4n) is 2.99. The molecule has 0 unspecified atom stereocenters. The molecule has 144 valence electrons. The van der Waals surface area contributed by atoms with Crippen LogP contribution in [0.5, 0.6) is 0 Å². The van der Waals surface area contributed by atoms with E-state index in [0.29, 0.717) is 25.1 Å². The summed E-state index contributed by atoms with van der Waals surface area (Å²) in [5.41, 5.74) is 0.787. The van der Waals surface area contributed by atoms with Gasteiger partial charge < -0.3 is 0 Å². The first-order valence-corrected chi connectivity index (χ1v) is 11.3. The normalized spacial score (nSPS) is 14.5. The fraction of sp³-hybridized carbons (Fsp3) is 0.250. The van der Waals surface area contributed by atoms with Crippen molar-refractivity contribution in [2.24, 2.45) is 0 Å². The van der Waals surface area contributed by atoms with Gasteiger partial charge >= 0.3 is 0 Å². The number of hydrogen-bond acceptors (Lipinski definition) is 6. The molecule has 1 N–H and O–H groups in total. The molecule has 0 spiro atoms. The maximum Gasteiger partial charge on any atom is 0.289 e. The molecule has 0 aliphatic carbocycles. The summed E-state index contributed by atoms with van der Waals surface area (Å²) in [6.07, 6.45) is 2.44. The zero-order valence-corrected chi connectivity index (χ0v) is 16.0. The molecule has 3 rings (SSSR count). The molecule has 0 saturated carbocycles. The summed E-state index contributed by atoms with van der Waals surface area (Å²) in [7, 11) is -7.73. The van der Waals surface area contributed by atoms with Crippen LogP contribution in [0.1, 0.15) is 12.0 Å². The minimum atomic E-state index is -4.23. The third-order valence-electron chi connectivity index (χ3n) is 4.17. The number of sulfonamides is 2. The van der Waals surface area contributed by atoms with E-state index in [0.717, 1.165) is 24.0 Å². The highest BCUT2D eigenvalue weighted by atomic mass is 32.2.